The summed E-state index contributed by atoms with van der Waals surface area (Å²) in [4.78, 5) is 33.4. The average molecular weight is 505 g/mol. The molecule has 0 atom stereocenters. The smallest absolute Gasteiger partial charge is 0.305 e. The Kier molecular flexibility index (Phi) is 6.11. The van der Waals surface area contributed by atoms with Gasteiger partial charge in [-0.2, -0.15) is 0 Å². The summed E-state index contributed by atoms with van der Waals surface area (Å²) in [6.07, 6.45) is 1.46. The minimum absolute atomic E-state index is 0.00674. The second kappa shape index (κ2) is 9.37. The van der Waals surface area contributed by atoms with Gasteiger partial charge in [0.2, 0.25) is 5.95 Å². The summed E-state index contributed by atoms with van der Waals surface area (Å²) in [6, 6.07) is 20.4. The van der Waals surface area contributed by atoms with E-state index < -0.39 is 11.9 Å². The molecule has 0 saturated heterocycles. The van der Waals surface area contributed by atoms with Crippen LogP contribution in [0.5, 0.6) is 0 Å². The number of carbonyl (C=O) groups excluding carboxylic acids is 1. The van der Waals surface area contributed by atoms with Crippen molar-refractivity contribution in [3.8, 4) is 17.2 Å². The van der Waals surface area contributed by atoms with Gasteiger partial charge in [-0.25, -0.2) is 9.97 Å². The van der Waals surface area contributed by atoms with Gasteiger partial charge in [0.1, 0.15) is 0 Å². The standard InChI is InChI=1S/C26H18Cl2N4O3/c27-16-6-8-21-19(13-16)24(15-4-2-1-3-5-15)31-26(30-21)32-14-20(25(35)29-11-10-23(33)34)18-12-17(28)7-9-22(18)32/h1-9,12-14H,10-11H2,(H,29,35)(H,33,34). The van der Waals surface area contributed by atoms with Gasteiger partial charge in [0, 0.05) is 39.1 Å². The molecule has 3 aromatic carbocycles. The lowest BCUT2D eigenvalue weighted by atomic mass is 10.1. The van der Waals surface area contributed by atoms with Crippen LogP contribution in [0.15, 0.2) is 72.9 Å². The van der Waals surface area contributed by atoms with Gasteiger partial charge in [0.15, 0.2) is 0 Å². The summed E-state index contributed by atoms with van der Waals surface area (Å²) < 4.78 is 1.73. The molecule has 5 aromatic rings. The average Bonchev–Trinajstić information content (AvgIpc) is 3.22. The molecule has 0 aliphatic heterocycles. The van der Waals surface area contributed by atoms with Crippen LogP contribution in [0.3, 0.4) is 0 Å². The highest BCUT2D eigenvalue weighted by Gasteiger charge is 2.19. The van der Waals surface area contributed by atoms with E-state index in [0.29, 0.717) is 43.7 Å². The minimum atomic E-state index is -0.992. The Bertz CT molecular complexity index is 1600. The fraction of sp³-hybridized carbons (Fsp3) is 0.0769. The predicted octanol–water partition coefficient (Wildman–Crippen LogP) is 5.75. The number of nitrogens with zero attached hydrogens (tertiary/aromatic N) is 3. The van der Waals surface area contributed by atoms with Gasteiger partial charge in [0.05, 0.1) is 28.7 Å². The van der Waals surface area contributed by atoms with E-state index in [-0.39, 0.29) is 13.0 Å². The van der Waals surface area contributed by atoms with Crippen molar-refractivity contribution in [2.75, 3.05) is 6.54 Å². The summed E-state index contributed by atoms with van der Waals surface area (Å²) in [7, 11) is 0. The van der Waals surface area contributed by atoms with E-state index in [1.54, 1.807) is 35.0 Å². The molecule has 0 fully saturated rings. The molecule has 0 radical (unpaired) electrons. The number of aromatic nitrogens is 3. The molecule has 2 N–H and O–H groups in total. The van der Waals surface area contributed by atoms with Crippen molar-refractivity contribution in [1.82, 2.24) is 19.9 Å². The highest BCUT2D eigenvalue weighted by molar-refractivity contribution is 6.32. The van der Waals surface area contributed by atoms with Crippen molar-refractivity contribution >= 4 is 56.9 Å². The molecule has 174 valence electrons. The molecule has 7 nitrogen and oxygen atoms in total. The Hall–Kier alpha value is -3.94. The molecule has 0 bridgehead atoms. The van der Waals surface area contributed by atoms with Crippen molar-refractivity contribution in [2.24, 2.45) is 0 Å². The zero-order valence-corrected chi connectivity index (χ0v) is 19.7. The number of rotatable bonds is 6. The number of carboxylic acids is 1. The molecule has 0 saturated carbocycles. The van der Waals surface area contributed by atoms with Crippen LogP contribution in [0.2, 0.25) is 10.0 Å². The van der Waals surface area contributed by atoms with Crippen LogP contribution in [0.4, 0.5) is 0 Å². The van der Waals surface area contributed by atoms with Crippen molar-refractivity contribution in [3.63, 3.8) is 0 Å². The van der Waals surface area contributed by atoms with Gasteiger partial charge in [-0.15, -0.1) is 0 Å². The molecule has 1 amide bonds. The number of fused-ring (bicyclic) bond motifs is 2. The maximum atomic E-state index is 12.9. The lowest BCUT2D eigenvalue weighted by Gasteiger charge is -2.11. The number of halogens is 2. The molecule has 2 aromatic heterocycles. The zero-order chi connectivity index (χ0) is 24.5. The molecule has 0 unspecified atom stereocenters. The van der Waals surface area contributed by atoms with E-state index in [2.05, 4.69) is 5.32 Å². The van der Waals surface area contributed by atoms with Gasteiger partial charge < -0.3 is 10.4 Å². The third-order valence-electron chi connectivity index (χ3n) is 5.54. The first kappa shape index (κ1) is 22.8. The second-order valence-corrected chi connectivity index (χ2v) is 8.75. The van der Waals surface area contributed by atoms with Crippen molar-refractivity contribution < 1.29 is 14.7 Å². The number of hydrogen-bond donors (Lipinski definition) is 2. The van der Waals surface area contributed by atoms with Gasteiger partial charge in [-0.1, -0.05) is 53.5 Å². The zero-order valence-electron chi connectivity index (χ0n) is 18.2. The van der Waals surface area contributed by atoms with Crippen LogP contribution >= 0.6 is 23.2 Å². The molecule has 9 heteroatoms. The second-order valence-electron chi connectivity index (χ2n) is 7.87. The highest BCUT2D eigenvalue weighted by Crippen LogP contribution is 2.32. The number of aliphatic carboxylic acids is 1. The fourth-order valence-electron chi connectivity index (χ4n) is 3.94. The summed E-state index contributed by atoms with van der Waals surface area (Å²) in [5.41, 5.74) is 3.33. The molecule has 5 rings (SSSR count). The highest BCUT2D eigenvalue weighted by atomic mass is 35.5. The molecule has 0 spiro atoms. The number of carboxylic acid groups (broad SMARTS) is 1. The van der Waals surface area contributed by atoms with Gasteiger partial charge in [0.25, 0.3) is 5.91 Å². The topological polar surface area (TPSA) is 97.1 Å². The normalized spacial score (nSPS) is 11.1. The fourth-order valence-corrected chi connectivity index (χ4v) is 4.28. The number of amides is 1. The Balaban J connectivity index is 1.70. The van der Waals surface area contributed by atoms with Gasteiger partial charge in [-0.05, 0) is 36.4 Å². The van der Waals surface area contributed by atoms with E-state index >= 15 is 0 Å². The third kappa shape index (κ3) is 4.56. The van der Waals surface area contributed by atoms with Gasteiger partial charge in [-0.3, -0.25) is 14.2 Å². The quantitative estimate of drug-likeness (QED) is 0.306. The molecule has 0 aliphatic carbocycles. The van der Waals surface area contributed by atoms with Crippen LogP contribution < -0.4 is 5.32 Å². The van der Waals surface area contributed by atoms with Crippen molar-refractivity contribution in [3.05, 3.63) is 88.5 Å². The largest absolute Gasteiger partial charge is 0.481 e. The lowest BCUT2D eigenvalue weighted by Crippen LogP contribution is -2.25. The Morgan fingerprint density at radius 3 is 2.37 bits per heavy atom. The maximum absolute atomic E-state index is 12.9. The number of hydrogen-bond acceptors (Lipinski definition) is 4. The molecule has 0 aliphatic rings. The summed E-state index contributed by atoms with van der Waals surface area (Å²) in [5, 5.41) is 14.0. The minimum Gasteiger partial charge on any atom is -0.481 e. The Labute approximate surface area is 210 Å². The molecule has 2 heterocycles. The number of carbonyl (C=O) groups is 2. The summed E-state index contributed by atoms with van der Waals surface area (Å²) in [5.74, 6) is -1.03. The van der Waals surface area contributed by atoms with Crippen LogP contribution in [0.25, 0.3) is 39.0 Å². The van der Waals surface area contributed by atoms with Crippen LogP contribution in [-0.4, -0.2) is 38.1 Å². The van der Waals surface area contributed by atoms with Crippen LogP contribution in [-0.2, 0) is 4.79 Å². The first-order chi connectivity index (χ1) is 16.9. The van der Waals surface area contributed by atoms with Crippen molar-refractivity contribution in [1.29, 1.82) is 0 Å². The van der Waals surface area contributed by atoms with Crippen molar-refractivity contribution in [2.45, 2.75) is 6.42 Å². The Morgan fingerprint density at radius 2 is 1.63 bits per heavy atom. The van der Waals surface area contributed by atoms with E-state index in [4.69, 9.17) is 38.3 Å². The predicted molar refractivity (Wildman–Crippen MR) is 136 cm³/mol. The summed E-state index contributed by atoms with van der Waals surface area (Å²) in [6.45, 7) is 0.00674. The Morgan fingerprint density at radius 1 is 0.914 bits per heavy atom. The van der Waals surface area contributed by atoms with E-state index in [1.807, 2.05) is 42.5 Å². The molecular formula is C26H18Cl2N4O3. The molecular weight excluding hydrogens is 487 g/mol. The monoisotopic (exact) mass is 504 g/mol. The number of benzene rings is 3. The third-order valence-corrected chi connectivity index (χ3v) is 6.01. The SMILES string of the molecule is O=C(O)CCNC(=O)c1cn(-c2nc(-c3ccccc3)c3cc(Cl)ccc3n2)c2ccc(Cl)cc12. The van der Waals surface area contributed by atoms with Crippen LogP contribution in [0, 0.1) is 0 Å². The van der Waals surface area contributed by atoms with E-state index in [9.17, 15) is 9.59 Å². The summed E-state index contributed by atoms with van der Waals surface area (Å²) >= 11 is 12.5. The van der Waals surface area contributed by atoms with E-state index in [0.717, 1.165) is 10.9 Å². The van der Waals surface area contributed by atoms with E-state index in [1.165, 1.54) is 0 Å². The van der Waals surface area contributed by atoms with Crippen LogP contribution in [0.1, 0.15) is 16.8 Å². The van der Waals surface area contributed by atoms with Gasteiger partial charge >= 0.3 is 5.97 Å². The maximum Gasteiger partial charge on any atom is 0.305 e. The molecule has 35 heavy (non-hydrogen) atoms. The lowest BCUT2D eigenvalue weighted by molar-refractivity contribution is -0.136. The first-order valence-corrected chi connectivity index (χ1v) is 11.5. The number of nitrogens with one attached hydrogen (secondary N) is 1. The first-order valence-electron chi connectivity index (χ1n) is 10.7.